The van der Waals surface area contributed by atoms with E-state index in [9.17, 15) is 9.59 Å². The molecular weight excluding hydrogens is 356 g/mol. The molecule has 0 amide bonds. The quantitative estimate of drug-likeness (QED) is 0.599. The summed E-state index contributed by atoms with van der Waals surface area (Å²) in [5.74, 6) is -0.753. The summed E-state index contributed by atoms with van der Waals surface area (Å²) >= 11 is 7.78. The second-order valence-electron chi connectivity index (χ2n) is 4.36. The molecule has 0 aromatic carbocycles. The van der Waals surface area contributed by atoms with Crippen molar-refractivity contribution in [1.82, 2.24) is 4.90 Å². The van der Waals surface area contributed by atoms with Crippen molar-refractivity contribution >= 4 is 56.6 Å². The smallest absolute Gasteiger partial charge is 0.348 e. The number of nitrogens with two attached hydrogens (primary N) is 1. The maximum absolute atomic E-state index is 12.0. The summed E-state index contributed by atoms with van der Waals surface area (Å²) in [6, 6.07) is 0. The number of esters is 2. The van der Waals surface area contributed by atoms with E-state index < -0.39 is 11.9 Å². The van der Waals surface area contributed by atoms with Gasteiger partial charge in [0.2, 0.25) is 0 Å². The molecule has 128 valence electrons. The Morgan fingerprint density at radius 3 is 2.26 bits per heavy atom. The standard InChI is InChI=1S/C14H20N2O4S3/c1-5-16(6-2)14(21)22-7-8-9(12(17)19-3)11(15)23-10(8)13(18)20-4/h5-7,15H2,1-4H3. The zero-order chi connectivity index (χ0) is 17.6. The first-order chi connectivity index (χ1) is 10.9. The van der Waals surface area contributed by atoms with Gasteiger partial charge in [-0.1, -0.05) is 24.0 Å². The van der Waals surface area contributed by atoms with E-state index in [0.29, 0.717) is 20.5 Å². The van der Waals surface area contributed by atoms with E-state index in [-0.39, 0.29) is 10.6 Å². The highest BCUT2D eigenvalue weighted by molar-refractivity contribution is 8.22. The molecule has 0 aliphatic heterocycles. The Morgan fingerprint density at radius 2 is 1.78 bits per heavy atom. The molecule has 1 aromatic heterocycles. The Balaban J connectivity index is 3.13. The Kier molecular flexibility index (Phi) is 7.80. The van der Waals surface area contributed by atoms with Crippen molar-refractivity contribution < 1.29 is 19.1 Å². The number of ether oxygens (including phenoxy) is 2. The van der Waals surface area contributed by atoms with Crippen LogP contribution in [0.1, 0.15) is 39.4 Å². The first-order valence-electron chi connectivity index (χ1n) is 6.90. The molecule has 0 bridgehead atoms. The monoisotopic (exact) mass is 376 g/mol. The zero-order valence-electron chi connectivity index (χ0n) is 13.5. The van der Waals surface area contributed by atoms with E-state index >= 15 is 0 Å². The summed E-state index contributed by atoms with van der Waals surface area (Å²) in [6.07, 6.45) is 0. The van der Waals surface area contributed by atoms with Crippen LogP contribution in [0.3, 0.4) is 0 Å². The highest BCUT2D eigenvalue weighted by Crippen LogP contribution is 2.35. The third kappa shape index (κ3) is 4.58. The van der Waals surface area contributed by atoms with E-state index in [1.807, 2.05) is 18.7 Å². The minimum Gasteiger partial charge on any atom is -0.465 e. The third-order valence-corrected chi connectivity index (χ3v) is 5.75. The van der Waals surface area contributed by atoms with Crippen molar-refractivity contribution in [2.45, 2.75) is 19.6 Å². The zero-order valence-corrected chi connectivity index (χ0v) is 16.0. The van der Waals surface area contributed by atoms with Gasteiger partial charge < -0.3 is 20.1 Å². The molecule has 2 N–H and O–H groups in total. The first-order valence-corrected chi connectivity index (χ1v) is 9.11. The lowest BCUT2D eigenvalue weighted by atomic mass is 10.1. The molecule has 0 saturated heterocycles. The van der Waals surface area contributed by atoms with Gasteiger partial charge in [0.1, 0.15) is 14.2 Å². The fourth-order valence-electron chi connectivity index (χ4n) is 1.91. The van der Waals surface area contributed by atoms with Crippen LogP contribution in [0.4, 0.5) is 5.00 Å². The highest BCUT2D eigenvalue weighted by Gasteiger charge is 2.27. The molecule has 0 aliphatic rings. The maximum atomic E-state index is 12.0. The van der Waals surface area contributed by atoms with Crippen LogP contribution in [0.25, 0.3) is 0 Å². The largest absolute Gasteiger partial charge is 0.465 e. The van der Waals surface area contributed by atoms with Crippen LogP contribution in [0.15, 0.2) is 0 Å². The maximum Gasteiger partial charge on any atom is 0.348 e. The van der Waals surface area contributed by atoms with Crippen LogP contribution in [-0.4, -0.2) is 48.5 Å². The van der Waals surface area contributed by atoms with Crippen LogP contribution >= 0.6 is 35.3 Å². The van der Waals surface area contributed by atoms with Gasteiger partial charge in [-0.25, -0.2) is 9.59 Å². The highest BCUT2D eigenvalue weighted by atomic mass is 32.2. The Labute approximate surface area is 149 Å². The van der Waals surface area contributed by atoms with Gasteiger partial charge in [0.05, 0.1) is 19.8 Å². The first kappa shape index (κ1) is 19.7. The van der Waals surface area contributed by atoms with Gasteiger partial charge in [0.15, 0.2) is 0 Å². The van der Waals surface area contributed by atoms with Gasteiger partial charge in [-0.2, -0.15) is 0 Å². The Morgan fingerprint density at radius 1 is 1.22 bits per heavy atom. The van der Waals surface area contributed by atoms with Gasteiger partial charge in [-0.05, 0) is 13.8 Å². The minimum absolute atomic E-state index is 0.216. The lowest BCUT2D eigenvalue weighted by Gasteiger charge is -2.20. The molecule has 1 heterocycles. The second-order valence-corrected chi connectivity index (χ2v) is 7.02. The van der Waals surface area contributed by atoms with Crippen molar-refractivity contribution in [2.75, 3.05) is 33.0 Å². The molecule has 23 heavy (non-hydrogen) atoms. The van der Waals surface area contributed by atoms with E-state index in [1.54, 1.807) is 0 Å². The summed E-state index contributed by atoms with van der Waals surface area (Å²) in [7, 11) is 2.56. The van der Waals surface area contributed by atoms with E-state index in [2.05, 4.69) is 0 Å². The Hall–Kier alpha value is -1.32. The van der Waals surface area contributed by atoms with E-state index in [4.69, 9.17) is 27.4 Å². The predicted molar refractivity (Wildman–Crippen MR) is 98.2 cm³/mol. The van der Waals surface area contributed by atoms with E-state index in [1.165, 1.54) is 26.0 Å². The van der Waals surface area contributed by atoms with Crippen LogP contribution in [0.5, 0.6) is 0 Å². The van der Waals surface area contributed by atoms with Crippen molar-refractivity contribution in [2.24, 2.45) is 0 Å². The lowest BCUT2D eigenvalue weighted by Crippen LogP contribution is -2.26. The van der Waals surface area contributed by atoms with Crippen LogP contribution in [-0.2, 0) is 15.2 Å². The lowest BCUT2D eigenvalue weighted by molar-refractivity contribution is 0.0601. The van der Waals surface area contributed by atoms with Crippen LogP contribution in [0, 0.1) is 0 Å². The molecule has 0 fully saturated rings. The predicted octanol–water partition coefficient (Wildman–Crippen LogP) is 2.76. The second kappa shape index (κ2) is 9.09. The summed E-state index contributed by atoms with van der Waals surface area (Å²) in [5, 5.41) is 0.238. The fraction of sp³-hybridized carbons (Fsp3) is 0.500. The average Bonchev–Trinajstić information content (AvgIpc) is 2.88. The number of carbonyl (C=O) groups is 2. The normalized spacial score (nSPS) is 10.3. The number of anilines is 1. The molecule has 0 unspecified atom stereocenters. The molecule has 1 rings (SSSR count). The number of thiocarbonyl (C=S) groups is 1. The van der Waals surface area contributed by atoms with Gasteiger partial charge in [0, 0.05) is 24.4 Å². The van der Waals surface area contributed by atoms with Crippen molar-refractivity contribution in [3.63, 3.8) is 0 Å². The number of thioether (sulfide) groups is 1. The summed E-state index contributed by atoms with van der Waals surface area (Å²) < 4.78 is 10.2. The number of hydrogen-bond acceptors (Lipinski definition) is 8. The summed E-state index contributed by atoms with van der Waals surface area (Å²) in [4.78, 5) is 26.2. The van der Waals surface area contributed by atoms with Crippen molar-refractivity contribution in [3.05, 3.63) is 16.0 Å². The molecule has 0 spiro atoms. The van der Waals surface area contributed by atoms with Crippen molar-refractivity contribution in [1.29, 1.82) is 0 Å². The van der Waals surface area contributed by atoms with Crippen LogP contribution < -0.4 is 5.73 Å². The summed E-state index contributed by atoms with van der Waals surface area (Å²) in [5.41, 5.74) is 6.61. The van der Waals surface area contributed by atoms with E-state index in [0.717, 1.165) is 24.4 Å². The number of carbonyl (C=O) groups excluding carboxylic acids is 2. The van der Waals surface area contributed by atoms with Gasteiger partial charge in [-0.3, -0.25) is 0 Å². The van der Waals surface area contributed by atoms with Crippen molar-refractivity contribution in [3.8, 4) is 0 Å². The number of thiophene rings is 1. The molecule has 0 radical (unpaired) electrons. The average molecular weight is 377 g/mol. The SMILES string of the molecule is CCN(CC)C(=S)SCc1c(C(=O)OC)sc(N)c1C(=O)OC. The van der Waals surface area contributed by atoms with Crippen LogP contribution in [0.2, 0.25) is 0 Å². The summed E-state index contributed by atoms with van der Waals surface area (Å²) in [6.45, 7) is 5.61. The topological polar surface area (TPSA) is 81.9 Å². The molecule has 6 nitrogen and oxygen atoms in total. The molecule has 1 aromatic rings. The van der Waals surface area contributed by atoms with Gasteiger partial charge >= 0.3 is 11.9 Å². The van der Waals surface area contributed by atoms with Gasteiger partial charge in [0.25, 0.3) is 0 Å². The number of hydrogen-bond donors (Lipinski definition) is 1. The molecular formula is C14H20N2O4S3. The van der Waals surface area contributed by atoms with Gasteiger partial charge in [-0.15, -0.1) is 11.3 Å². The molecule has 9 heteroatoms. The third-order valence-electron chi connectivity index (χ3n) is 3.16. The minimum atomic E-state index is -0.571. The number of rotatable bonds is 6. The molecule has 0 aliphatic carbocycles. The Bertz CT molecular complexity index is 597. The fourth-order valence-corrected chi connectivity index (χ4v) is 4.43. The molecule has 0 atom stereocenters. The number of nitrogen functional groups attached to an aromatic ring is 1. The molecule has 0 saturated carbocycles. The number of nitrogens with zero attached hydrogens (tertiary/aromatic N) is 1. The number of methoxy groups -OCH3 is 2.